The molecule has 2 aromatic carbocycles. The maximum atomic E-state index is 13.4. The van der Waals surface area contributed by atoms with Crippen LogP contribution in [0.1, 0.15) is 29.9 Å². The van der Waals surface area contributed by atoms with Gasteiger partial charge in [-0.2, -0.15) is 9.29 Å². The smallest absolute Gasteiger partial charge is 0.244 e. The first-order chi connectivity index (χ1) is 15.7. The van der Waals surface area contributed by atoms with Crippen LogP contribution in [0.4, 0.5) is 0 Å². The molecule has 1 aromatic heterocycles. The van der Waals surface area contributed by atoms with Crippen LogP contribution in [0.15, 0.2) is 51.9 Å². The zero-order valence-electron chi connectivity index (χ0n) is 18.4. The number of hydrogen-bond donors (Lipinski definition) is 1. The average Bonchev–Trinajstić information content (AvgIpc) is 3.25. The van der Waals surface area contributed by atoms with Crippen molar-refractivity contribution in [1.29, 1.82) is 0 Å². The van der Waals surface area contributed by atoms with Crippen LogP contribution < -0.4 is 5.32 Å². The van der Waals surface area contributed by atoms with E-state index >= 15 is 0 Å². The summed E-state index contributed by atoms with van der Waals surface area (Å²) in [6.45, 7) is 4.49. The van der Waals surface area contributed by atoms with E-state index in [1.807, 2.05) is 31.2 Å². The molecule has 174 valence electrons. The second-order valence-electron chi connectivity index (χ2n) is 8.19. The van der Waals surface area contributed by atoms with Gasteiger partial charge in [0.15, 0.2) is 0 Å². The van der Waals surface area contributed by atoms with E-state index in [1.54, 1.807) is 13.0 Å². The van der Waals surface area contributed by atoms with E-state index in [-0.39, 0.29) is 28.2 Å². The predicted octanol–water partition coefficient (Wildman–Crippen LogP) is 3.72. The van der Waals surface area contributed by atoms with E-state index in [4.69, 9.17) is 16.1 Å². The first-order valence-electron chi connectivity index (χ1n) is 10.7. The minimum absolute atomic E-state index is 0.0372. The molecule has 2 heterocycles. The number of hydrogen-bond acceptors (Lipinski definition) is 6. The lowest BCUT2D eigenvalue weighted by atomic mass is 9.98. The Morgan fingerprint density at radius 1 is 1.21 bits per heavy atom. The Balaban J connectivity index is 1.49. The molecule has 3 aromatic rings. The molecule has 0 unspecified atom stereocenters. The summed E-state index contributed by atoms with van der Waals surface area (Å²) in [4.78, 5) is 16.9. The predicted molar refractivity (Wildman–Crippen MR) is 124 cm³/mol. The van der Waals surface area contributed by atoms with Crippen molar-refractivity contribution < 1.29 is 17.7 Å². The van der Waals surface area contributed by atoms with Crippen LogP contribution >= 0.6 is 11.6 Å². The van der Waals surface area contributed by atoms with Crippen molar-refractivity contribution in [3.63, 3.8) is 0 Å². The van der Waals surface area contributed by atoms with Gasteiger partial charge < -0.3 is 9.84 Å². The van der Waals surface area contributed by atoms with Gasteiger partial charge in [0, 0.05) is 32.1 Å². The van der Waals surface area contributed by atoms with Crippen molar-refractivity contribution >= 4 is 27.5 Å². The lowest BCUT2D eigenvalue weighted by Gasteiger charge is -2.31. The zero-order chi connectivity index (χ0) is 23.6. The third kappa shape index (κ3) is 5.26. The Morgan fingerprint density at radius 3 is 2.67 bits per heavy atom. The summed E-state index contributed by atoms with van der Waals surface area (Å²) in [7, 11) is -3.92. The quantitative estimate of drug-likeness (QED) is 0.566. The number of halogens is 1. The number of aryl methyl sites for hydroxylation is 2. The Labute approximate surface area is 198 Å². The van der Waals surface area contributed by atoms with Crippen LogP contribution in [0.5, 0.6) is 0 Å². The van der Waals surface area contributed by atoms with Crippen molar-refractivity contribution in [2.75, 3.05) is 13.1 Å². The highest BCUT2D eigenvalue weighted by Crippen LogP contribution is 2.31. The molecule has 0 radical (unpaired) electrons. The lowest BCUT2D eigenvalue weighted by Crippen LogP contribution is -2.45. The molecular formula is C23H25ClN4O4S. The van der Waals surface area contributed by atoms with Gasteiger partial charge in [0.25, 0.3) is 0 Å². The molecule has 1 aliphatic rings. The van der Waals surface area contributed by atoms with Gasteiger partial charge in [-0.1, -0.05) is 46.6 Å². The molecule has 0 aliphatic carbocycles. The molecule has 4 rings (SSSR count). The summed E-state index contributed by atoms with van der Waals surface area (Å²) in [5.74, 6) is 0.0749. The largest absolute Gasteiger partial charge is 0.352 e. The maximum absolute atomic E-state index is 13.4. The topological polar surface area (TPSA) is 105 Å². The van der Waals surface area contributed by atoms with E-state index in [0.29, 0.717) is 37.4 Å². The van der Waals surface area contributed by atoms with E-state index in [9.17, 15) is 13.2 Å². The van der Waals surface area contributed by atoms with Gasteiger partial charge in [0.05, 0.1) is 10.9 Å². The zero-order valence-corrected chi connectivity index (χ0v) is 20.0. The van der Waals surface area contributed by atoms with Crippen molar-refractivity contribution in [1.82, 2.24) is 19.8 Å². The molecule has 33 heavy (non-hydrogen) atoms. The highest BCUT2D eigenvalue weighted by atomic mass is 35.5. The monoisotopic (exact) mass is 488 g/mol. The number of sulfonamides is 1. The van der Waals surface area contributed by atoms with Crippen LogP contribution in [-0.2, 0) is 21.4 Å². The number of nitrogens with zero attached hydrogens (tertiary/aromatic N) is 3. The van der Waals surface area contributed by atoms with Gasteiger partial charge in [-0.25, -0.2) is 8.42 Å². The average molecular weight is 489 g/mol. The fourth-order valence-corrected chi connectivity index (χ4v) is 5.83. The first-order valence-corrected chi connectivity index (χ1v) is 12.5. The number of nitrogens with one attached hydrogen (secondary N) is 1. The van der Waals surface area contributed by atoms with Gasteiger partial charge >= 0.3 is 0 Å². The highest BCUT2D eigenvalue weighted by molar-refractivity contribution is 7.89. The molecule has 1 amide bonds. The minimum Gasteiger partial charge on any atom is -0.352 e. The standard InChI is InChI=1S/C23H25ClN4O4S/c1-15-5-7-17(8-6-15)13-25-23(29)19-4-3-11-28(14-19)33(30,31)21-12-18(9-10-20(21)24)22-26-16(2)32-27-22/h5-10,12,19H,3-4,11,13-14H2,1-2H3,(H,25,29)/t19-/m1/s1. The number of carbonyl (C=O) groups is 1. The molecule has 1 saturated heterocycles. The summed E-state index contributed by atoms with van der Waals surface area (Å²) in [6.07, 6.45) is 1.21. The molecule has 8 nitrogen and oxygen atoms in total. The summed E-state index contributed by atoms with van der Waals surface area (Å²) in [6, 6.07) is 12.5. The number of amides is 1. The van der Waals surface area contributed by atoms with E-state index in [0.717, 1.165) is 11.1 Å². The molecular weight excluding hydrogens is 464 g/mol. The van der Waals surface area contributed by atoms with Gasteiger partial charge in [0.1, 0.15) is 4.90 Å². The second-order valence-corrected chi connectivity index (χ2v) is 10.5. The molecule has 1 aliphatic heterocycles. The molecule has 0 bridgehead atoms. The summed E-state index contributed by atoms with van der Waals surface area (Å²) in [5, 5.41) is 6.88. The molecule has 1 N–H and O–H groups in total. The molecule has 10 heteroatoms. The van der Waals surface area contributed by atoms with Crippen LogP contribution in [0.3, 0.4) is 0 Å². The van der Waals surface area contributed by atoms with Gasteiger partial charge in [0.2, 0.25) is 27.6 Å². The fourth-order valence-electron chi connectivity index (χ4n) is 3.81. The number of benzene rings is 2. The molecule has 1 atom stereocenters. The van der Waals surface area contributed by atoms with Crippen LogP contribution in [0, 0.1) is 19.8 Å². The number of piperidine rings is 1. The maximum Gasteiger partial charge on any atom is 0.244 e. The Hall–Kier alpha value is -2.75. The number of carbonyl (C=O) groups excluding carboxylic acids is 1. The number of rotatable bonds is 6. The number of aromatic nitrogens is 2. The molecule has 0 spiro atoms. The van der Waals surface area contributed by atoms with Gasteiger partial charge in [-0.05, 0) is 43.5 Å². The Bertz CT molecular complexity index is 1260. The normalized spacial score (nSPS) is 17.1. The van der Waals surface area contributed by atoms with E-state index in [1.165, 1.54) is 16.4 Å². The Morgan fingerprint density at radius 2 is 1.97 bits per heavy atom. The molecule has 0 saturated carbocycles. The highest BCUT2D eigenvalue weighted by Gasteiger charge is 2.34. The fraction of sp³-hybridized carbons (Fsp3) is 0.348. The first kappa shape index (κ1) is 23.4. The summed E-state index contributed by atoms with van der Waals surface area (Å²) in [5.41, 5.74) is 2.63. The summed E-state index contributed by atoms with van der Waals surface area (Å²) >= 11 is 6.27. The Kier molecular flexibility index (Phi) is 6.83. The third-order valence-corrected chi connectivity index (χ3v) is 8.02. The minimum atomic E-state index is -3.92. The molecule has 1 fully saturated rings. The van der Waals surface area contributed by atoms with Crippen molar-refractivity contribution in [3.05, 3.63) is 64.5 Å². The van der Waals surface area contributed by atoms with Gasteiger partial charge in [-0.3, -0.25) is 4.79 Å². The van der Waals surface area contributed by atoms with Gasteiger partial charge in [-0.15, -0.1) is 0 Å². The lowest BCUT2D eigenvalue weighted by molar-refractivity contribution is -0.126. The van der Waals surface area contributed by atoms with Crippen molar-refractivity contribution in [3.8, 4) is 11.4 Å². The van der Waals surface area contributed by atoms with Crippen molar-refractivity contribution in [2.24, 2.45) is 5.92 Å². The summed E-state index contributed by atoms with van der Waals surface area (Å²) < 4.78 is 33.2. The second kappa shape index (κ2) is 9.62. The van der Waals surface area contributed by atoms with Crippen LogP contribution in [-0.4, -0.2) is 41.9 Å². The van der Waals surface area contributed by atoms with Crippen molar-refractivity contribution in [2.45, 2.75) is 38.1 Å². The SMILES string of the molecule is Cc1ccc(CNC(=O)[C@@H]2CCCN(S(=O)(=O)c3cc(-c4noc(C)n4)ccc3Cl)C2)cc1. The third-order valence-electron chi connectivity index (χ3n) is 5.68. The van der Waals surface area contributed by atoms with E-state index in [2.05, 4.69) is 15.5 Å². The van der Waals surface area contributed by atoms with E-state index < -0.39 is 15.9 Å². The van der Waals surface area contributed by atoms with Crippen LogP contribution in [0.2, 0.25) is 5.02 Å². The van der Waals surface area contributed by atoms with Crippen LogP contribution in [0.25, 0.3) is 11.4 Å².